The number of nitrogens with one attached hydrogen (secondary N) is 1. The van der Waals surface area contributed by atoms with Gasteiger partial charge in [0, 0.05) is 24.1 Å². The van der Waals surface area contributed by atoms with E-state index in [1.165, 1.54) is 11.0 Å². The lowest BCUT2D eigenvalue weighted by Gasteiger charge is -2.31. The Hall–Kier alpha value is -3.21. The lowest BCUT2D eigenvalue weighted by molar-refractivity contribution is -0.141. The van der Waals surface area contributed by atoms with E-state index in [1.54, 1.807) is 25.1 Å². The molecule has 3 aromatic carbocycles. The number of hydrogen-bond donors (Lipinski definition) is 1. The molecule has 0 aliphatic carbocycles. The zero-order valence-corrected chi connectivity index (χ0v) is 19.2. The summed E-state index contributed by atoms with van der Waals surface area (Å²) in [6.07, 6.45) is 0.775. The van der Waals surface area contributed by atoms with E-state index in [1.807, 2.05) is 63.2 Å². The largest absolute Gasteiger partial charge is 0.350 e. The first-order valence-electron chi connectivity index (χ1n) is 11.0. The van der Waals surface area contributed by atoms with Gasteiger partial charge in [-0.3, -0.25) is 9.59 Å². The molecule has 168 valence electrons. The van der Waals surface area contributed by atoms with Crippen LogP contribution in [0.25, 0.3) is 10.8 Å². The highest BCUT2D eigenvalue weighted by Gasteiger charge is 2.28. The third-order valence-corrected chi connectivity index (χ3v) is 5.45. The minimum absolute atomic E-state index is 0.0414. The molecule has 2 amide bonds. The van der Waals surface area contributed by atoms with Gasteiger partial charge in [0.15, 0.2) is 0 Å². The maximum Gasteiger partial charge on any atom is 0.242 e. The fourth-order valence-electron chi connectivity index (χ4n) is 3.76. The summed E-state index contributed by atoms with van der Waals surface area (Å²) in [4.78, 5) is 27.6. The zero-order chi connectivity index (χ0) is 23.3. The number of rotatable bonds is 7. The normalized spacial score (nSPS) is 12.4. The molecule has 0 heterocycles. The van der Waals surface area contributed by atoms with Crippen molar-refractivity contribution in [2.24, 2.45) is 0 Å². The fraction of sp³-hybridized carbons (Fsp3) is 0.333. The molecule has 0 aromatic heterocycles. The Labute approximate surface area is 189 Å². The lowest BCUT2D eigenvalue weighted by atomic mass is 10.0. The second-order valence-electron chi connectivity index (χ2n) is 9.17. The number of nitrogens with zero attached hydrogens (tertiary/aromatic N) is 1. The van der Waals surface area contributed by atoms with E-state index >= 15 is 0 Å². The first-order chi connectivity index (χ1) is 15.2. The van der Waals surface area contributed by atoms with Crippen molar-refractivity contribution in [3.8, 4) is 0 Å². The van der Waals surface area contributed by atoms with Crippen molar-refractivity contribution in [1.82, 2.24) is 10.2 Å². The molecular weight excluding hydrogens is 403 g/mol. The Balaban J connectivity index is 1.82. The Morgan fingerprint density at radius 1 is 0.938 bits per heavy atom. The summed E-state index contributed by atoms with van der Waals surface area (Å²) >= 11 is 0. The van der Waals surface area contributed by atoms with Gasteiger partial charge in [-0.1, -0.05) is 60.7 Å². The molecule has 0 spiro atoms. The van der Waals surface area contributed by atoms with Crippen molar-refractivity contribution in [3.63, 3.8) is 0 Å². The summed E-state index contributed by atoms with van der Waals surface area (Å²) in [5.74, 6) is -0.826. The van der Waals surface area contributed by atoms with Gasteiger partial charge < -0.3 is 10.2 Å². The van der Waals surface area contributed by atoms with Crippen LogP contribution >= 0.6 is 0 Å². The van der Waals surface area contributed by atoms with Crippen LogP contribution in [0.5, 0.6) is 0 Å². The van der Waals surface area contributed by atoms with Crippen molar-refractivity contribution >= 4 is 22.6 Å². The van der Waals surface area contributed by atoms with Gasteiger partial charge in [-0.15, -0.1) is 0 Å². The molecule has 0 saturated carbocycles. The van der Waals surface area contributed by atoms with Crippen molar-refractivity contribution < 1.29 is 14.0 Å². The first-order valence-corrected chi connectivity index (χ1v) is 11.0. The quantitative estimate of drug-likeness (QED) is 0.553. The van der Waals surface area contributed by atoms with Gasteiger partial charge >= 0.3 is 0 Å². The summed E-state index contributed by atoms with van der Waals surface area (Å²) in [6.45, 7) is 7.40. The van der Waals surface area contributed by atoms with E-state index in [4.69, 9.17) is 0 Å². The third-order valence-electron chi connectivity index (χ3n) is 5.45. The van der Waals surface area contributed by atoms with Crippen LogP contribution in [0.3, 0.4) is 0 Å². The highest BCUT2D eigenvalue weighted by atomic mass is 19.1. The van der Waals surface area contributed by atoms with E-state index in [-0.39, 0.29) is 30.6 Å². The molecule has 3 aromatic rings. The Bertz CT molecular complexity index is 1100. The maximum absolute atomic E-state index is 14.3. The second-order valence-corrected chi connectivity index (χ2v) is 9.17. The van der Waals surface area contributed by atoms with E-state index < -0.39 is 11.6 Å². The third kappa shape index (κ3) is 5.94. The number of aryl methyl sites for hydroxylation is 1. The summed E-state index contributed by atoms with van der Waals surface area (Å²) < 4.78 is 14.3. The lowest BCUT2D eigenvalue weighted by Crippen LogP contribution is -2.52. The van der Waals surface area contributed by atoms with Gasteiger partial charge in [-0.05, 0) is 56.5 Å². The van der Waals surface area contributed by atoms with Crippen LogP contribution in [0.1, 0.15) is 45.2 Å². The van der Waals surface area contributed by atoms with Crippen LogP contribution in [0, 0.1) is 5.82 Å². The van der Waals surface area contributed by atoms with Crippen LogP contribution < -0.4 is 5.32 Å². The van der Waals surface area contributed by atoms with Crippen molar-refractivity contribution in [2.75, 3.05) is 0 Å². The molecular formula is C27H31FN2O2. The van der Waals surface area contributed by atoms with E-state index in [9.17, 15) is 14.0 Å². The molecule has 0 unspecified atom stereocenters. The number of halogens is 1. The zero-order valence-electron chi connectivity index (χ0n) is 19.2. The Morgan fingerprint density at radius 2 is 1.56 bits per heavy atom. The predicted octanol–water partition coefficient (Wildman–Crippen LogP) is 5.24. The minimum Gasteiger partial charge on any atom is -0.350 e. The number of carbonyl (C=O) groups excluding carboxylic acids is 2. The van der Waals surface area contributed by atoms with Crippen LogP contribution in [-0.2, 0) is 22.6 Å². The van der Waals surface area contributed by atoms with E-state index in [0.717, 1.165) is 16.3 Å². The van der Waals surface area contributed by atoms with E-state index in [0.29, 0.717) is 12.0 Å². The highest BCUT2D eigenvalue weighted by Crippen LogP contribution is 2.21. The van der Waals surface area contributed by atoms with Crippen LogP contribution in [0.4, 0.5) is 4.39 Å². The standard InChI is InChI=1S/C27H31FN2O2/c1-19(26(32)29-27(2,3)4)30(18-22-11-6-8-15-24(22)28)25(31)17-16-21-13-9-12-20-10-5-7-14-23(20)21/h5-15,19H,16-18H2,1-4H3,(H,29,32)/t19-/m1/s1. The number of hydrogen-bond acceptors (Lipinski definition) is 2. The minimum atomic E-state index is -0.728. The molecule has 0 aliphatic heterocycles. The summed E-state index contributed by atoms with van der Waals surface area (Å²) in [7, 11) is 0. The molecule has 4 nitrogen and oxygen atoms in total. The summed E-state index contributed by atoms with van der Waals surface area (Å²) in [5.41, 5.74) is 1.04. The summed E-state index contributed by atoms with van der Waals surface area (Å²) in [5, 5.41) is 5.16. The Morgan fingerprint density at radius 3 is 2.28 bits per heavy atom. The highest BCUT2D eigenvalue weighted by molar-refractivity contribution is 5.89. The fourth-order valence-corrected chi connectivity index (χ4v) is 3.76. The number of carbonyl (C=O) groups is 2. The van der Waals surface area contributed by atoms with Crippen LogP contribution in [-0.4, -0.2) is 28.3 Å². The monoisotopic (exact) mass is 434 g/mol. The molecule has 0 radical (unpaired) electrons. The first kappa shape index (κ1) is 23.5. The van der Waals surface area contributed by atoms with Gasteiger partial charge in [0.2, 0.25) is 11.8 Å². The molecule has 0 aliphatic rings. The van der Waals surface area contributed by atoms with Gasteiger partial charge in [0.1, 0.15) is 11.9 Å². The molecule has 0 bridgehead atoms. The van der Waals surface area contributed by atoms with Gasteiger partial charge in [-0.2, -0.15) is 0 Å². The molecule has 0 fully saturated rings. The molecule has 1 N–H and O–H groups in total. The SMILES string of the molecule is C[C@H](C(=O)NC(C)(C)C)N(Cc1ccccc1F)C(=O)CCc1cccc2ccccc12. The van der Waals surface area contributed by atoms with Crippen LogP contribution in [0.15, 0.2) is 66.7 Å². The van der Waals surface area contributed by atoms with Crippen molar-refractivity contribution in [3.05, 3.63) is 83.7 Å². The number of benzene rings is 3. The number of amides is 2. The average molecular weight is 435 g/mol. The van der Waals surface area contributed by atoms with Gasteiger partial charge in [0.05, 0.1) is 0 Å². The predicted molar refractivity (Wildman–Crippen MR) is 127 cm³/mol. The van der Waals surface area contributed by atoms with E-state index in [2.05, 4.69) is 5.32 Å². The molecule has 0 saturated heterocycles. The molecule has 3 rings (SSSR count). The number of fused-ring (bicyclic) bond motifs is 1. The van der Waals surface area contributed by atoms with Crippen LogP contribution in [0.2, 0.25) is 0 Å². The Kier molecular flexibility index (Phi) is 7.29. The second kappa shape index (κ2) is 9.94. The van der Waals surface area contributed by atoms with Crippen molar-refractivity contribution in [2.45, 2.75) is 58.7 Å². The van der Waals surface area contributed by atoms with Crippen molar-refractivity contribution in [1.29, 1.82) is 0 Å². The maximum atomic E-state index is 14.3. The van der Waals surface area contributed by atoms with Gasteiger partial charge in [-0.25, -0.2) is 4.39 Å². The average Bonchev–Trinajstić information content (AvgIpc) is 2.75. The molecule has 5 heteroatoms. The smallest absolute Gasteiger partial charge is 0.242 e. The summed E-state index contributed by atoms with van der Waals surface area (Å²) in [6, 6.07) is 19.8. The van der Waals surface area contributed by atoms with Gasteiger partial charge in [0.25, 0.3) is 0 Å². The molecule has 1 atom stereocenters. The topological polar surface area (TPSA) is 49.4 Å². The molecule has 32 heavy (non-hydrogen) atoms.